The summed E-state index contributed by atoms with van der Waals surface area (Å²) in [4.78, 5) is 11.2. The van der Waals surface area contributed by atoms with Gasteiger partial charge in [0, 0.05) is 19.6 Å². The van der Waals surface area contributed by atoms with Gasteiger partial charge in [0.1, 0.15) is 0 Å². The number of amides is 1. The fourth-order valence-electron chi connectivity index (χ4n) is 1.42. The Morgan fingerprint density at radius 2 is 1.90 bits per heavy atom. The van der Waals surface area contributed by atoms with E-state index in [4.69, 9.17) is 0 Å². The van der Waals surface area contributed by atoms with Crippen LogP contribution >= 0.6 is 0 Å². The highest BCUT2D eigenvalue weighted by Crippen LogP contribution is 2.11. The number of rotatable bonds is 9. The van der Waals surface area contributed by atoms with Crippen molar-refractivity contribution in [3.05, 3.63) is 0 Å². The summed E-state index contributed by atoms with van der Waals surface area (Å²) < 4.78 is 59.1. The van der Waals surface area contributed by atoms with Crippen molar-refractivity contribution in [3.8, 4) is 0 Å². The van der Waals surface area contributed by atoms with E-state index < -0.39 is 35.2 Å². The molecule has 6 nitrogen and oxygen atoms in total. The summed E-state index contributed by atoms with van der Waals surface area (Å²) >= 11 is 0. The third kappa shape index (κ3) is 9.98. The van der Waals surface area contributed by atoms with E-state index in [1.54, 1.807) is 6.92 Å². The lowest BCUT2D eigenvalue weighted by Crippen LogP contribution is -2.39. The first-order chi connectivity index (χ1) is 9.06. The number of nitrogens with one attached hydrogen (secondary N) is 2. The minimum atomic E-state index is -4.35. The Balaban J connectivity index is 3.77. The third-order valence-corrected chi connectivity index (χ3v) is 3.72. The lowest BCUT2D eigenvalue weighted by molar-refractivity contribution is -0.128. The van der Waals surface area contributed by atoms with Crippen LogP contribution in [0, 0.1) is 0 Å². The van der Waals surface area contributed by atoms with E-state index >= 15 is 0 Å². The summed E-state index contributed by atoms with van der Waals surface area (Å²) in [6.07, 6.45) is -2.86. The van der Waals surface area contributed by atoms with Crippen LogP contribution in [0.1, 0.15) is 13.3 Å². The maximum atomic E-state index is 11.8. The summed E-state index contributed by atoms with van der Waals surface area (Å²) in [5, 5.41) is 4.38. The highest BCUT2D eigenvalue weighted by atomic mass is 32.2. The van der Waals surface area contributed by atoms with Crippen molar-refractivity contribution in [2.45, 2.75) is 19.5 Å². The van der Waals surface area contributed by atoms with E-state index in [2.05, 4.69) is 5.32 Å². The predicted octanol–water partition coefficient (Wildman–Crippen LogP) is -0.0739. The molecule has 0 saturated carbocycles. The molecule has 0 aliphatic rings. The number of halogens is 3. The lowest BCUT2D eigenvalue weighted by Gasteiger charge is -2.17. The molecule has 0 radical (unpaired) electrons. The van der Waals surface area contributed by atoms with Crippen LogP contribution < -0.4 is 10.6 Å². The van der Waals surface area contributed by atoms with Crippen molar-refractivity contribution >= 4 is 15.9 Å². The van der Waals surface area contributed by atoms with Gasteiger partial charge in [-0.1, -0.05) is 6.92 Å². The van der Waals surface area contributed by atoms with Gasteiger partial charge < -0.3 is 10.6 Å². The lowest BCUT2D eigenvalue weighted by atomic mass is 10.4. The quantitative estimate of drug-likeness (QED) is 0.583. The number of carbonyl (C=O) groups excluding carboxylic acids is 1. The molecule has 0 fully saturated rings. The fraction of sp³-hybridized carbons (Fsp3) is 0.900. The standard InChI is InChI=1S/C10H20F3N3O3S/c1-3-16(20(2,18)19)6-4-5-15-9(17)7-14-8-10(11,12)13/h14H,3-8H2,1-2H3,(H,15,17). The highest BCUT2D eigenvalue weighted by Gasteiger charge is 2.26. The first kappa shape index (κ1) is 19.1. The minimum Gasteiger partial charge on any atom is -0.355 e. The summed E-state index contributed by atoms with van der Waals surface area (Å²) in [7, 11) is -3.26. The zero-order valence-corrected chi connectivity index (χ0v) is 12.3. The smallest absolute Gasteiger partial charge is 0.355 e. The van der Waals surface area contributed by atoms with E-state index in [0.29, 0.717) is 13.0 Å². The average Bonchev–Trinajstić information content (AvgIpc) is 2.25. The molecule has 0 heterocycles. The third-order valence-electron chi connectivity index (χ3n) is 2.34. The zero-order valence-electron chi connectivity index (χ0n) is 11.5. The fourth-order valence-corrected chi connectivity index (χ4v) is 2.35. The van der Waals surface area contributed by atoms with Crippen molar-refractivity contribution in [2.75, 3.05) is 39.0 Å². The van der Waals surface area contributed by atoms with Crippen molar-refractivity contribution in [2.24, 2.45) is 0 Å². The largest absolute Gasteiger partial charge is 0.401 e. The number of nitrogens with zero attached hydrogens (tertiary/aromatic N) is 1. The van der Waals surface area contributed by atoms with Crippen LogP contribution in [0.5, 0.6) is 0 Å². The van der Waals surface area contributed by atoms with Crippen LogP contribution in [0.4, 0.5) is 13.2 Å². The van der Waals surface area contributed by atoms with Gasteiger partial charge in [0.25, 0.3) is 0 Å². The number of sulfonamides is 1. The molecule has 0 bridgehead atoms. The topological polar surface area (TPSA) is 78.5 Å². The van der Waals surface area contributed by atoms with Crippen LogP contribution in [0.2, 0.25) is 0 Å². The van der Waals surface area contributed by atoms with Crippen LogP contribution in [0.3, 0.4) is 0 Å². The molecule has 0 atom stereocenters. The molecule has 0 unspecified atom stereocenters. The average molecular weight is 319 g/mol. The van der Waals surface area contributed by atoms with Crippen molar-refractivity contribution in [1.29, 1.82) is 0 Å². The molecule has 0 aliphatic carbocycles. The molecular formula is C10H20F3N3O3S. The first-order valence-corrected chi connectivity index (χ1v) is 7.90. The predicted molar refractivity (Wildman–Crippen MR) is 68.6 cm³/mol. The van der Waals surface area contributed by atoms with Gasteiger partial charge in [-0.3, -0.25) is 4.79 Å². The maximum Gasteiger partial charge on any atom is 0.401 e. The van der Waals surface area contributed by atoms with Gasteiger partial charge in [0.2, 0.25) is 15.9 Å². The van der Waals surface area contributed by atoms with Crippen molar-refractivity contribution < 1.29 is 26.4 Å². The van der Waals surface area contributed by atoms with Gasteiger partial charge in [-0.2, -0.15) is 13.2 Å². The van der Waals surface area contributed by atoms with E-state index in [0.717, 1.165) is 6.26 Å². The second-order valence-electron chi connectivity index (χ2n) is 4.18. The van der Waals surface area contributed by atoms with Gasteiger partial charge >= 0.3 is 6.18 Å². The SMILES string of the molecule is CCN(CCCNC(=O)CNCC(F)(F)F)S(C)(=O)=O. The number of hydrogen-bond donors (Lipinski definition) is 2. The summed E-state index contributed by atoms with van der Waals surface area (Å²) in [6, 6.07) is 0. The summed E-state index contributed by atoms with van der Waals surface area (Å²) in [6.45, 7) is 0.839. The van der Waals surface area contributed by atoms with Crippen LogP contribution in [0.15, 0.2) is 0 Å². The Bertz CT molecular complexity index is 398. The van der Waals surface area contributed by atoms with Crippen molar-refractivity contribution in [1.82, 2.24) is 14.9 Å². The van der Waals surface area contributed by atoms with Crippen LogP contribution in [0.25, 0.3) is 0 Å². The van der Waals surface area contributed by atoms with Gasteiger partial charge in [0.15, 0.2) is 0 Å². The van der Waals surface area contributed by atoms with E-state index in [1.165, 1.54) is 4.31 Å². The molecule has 0 rings (SSSR count). The number of carbonyl (C=O) groups is 1. The molecule has 0 aromatic heterocycles. The molecular weight excluding hydrogens is 299 g/mol. The molecule has 0 aromatic rings. The number of hydrogen-bond acceptors (Lipinski definition) is 4. The highest BCUT2D eigenvalue weighted by molar-refractivity contribution is 7.88. The van der Waals surface area contributed by atoms with Crippen LogP contribution in [-0.4, -0.2) is 63.8 Å². The Hall–Kier alpha value is -0.870. The Kier molecular flexibility index (Phi) is 8.06. The maximum absolute atomic E-state index is 11.8. The normalized spacial score (nSPS) is 12.7. The van der Waals surface area contributed by atoms with Crippen LogP contribution in [-0.2, 0) is 14.8 Å². The summed E-state index contributed by atoms with van der Waals surface area (Å²) in [5.41, 5.74) is 0. The molecule has 1 amide bonds. The summed E-state index contributed by atoms with van der Waals surface area (Å²) in [5.74, 6) is -0.559. The van der Waals surface area contributed by atoms with Gasteiger partial charge in [-0.05, 0) is 6.42 Å². The Morgan fingerprint density at radius 3 is 2.35 bits per heavy atom. The molecule has 120 valence electrons. The first-order valence-electron chi connectivity index (χ1n) is 6.05. The van der Waals surface area contributed by atoms with E-state index in [-0.39, 0.29) is 13.1 Å². The second-order valence-corrected chi connectivity index (χ2v) is 6.16. The number of alkyl halides is 3. The molecule has 0 aromatic carbocycles. The Morgan fingerprint density at radius 1 is 1.30 bits per heavy atom. The van der Waals surface area contributed by atoms with E-state index in [9.17, 15) is 26.4 Å². The Labute approximate surface area is 116 Å². The zero-order chi connectivity index (χ0) is 15.8. The van der Waals surface area contributed by atoms with E-state index in [1.807, 2.05) is 5.32 Å². The molecule has 10 heteroatoms. The monoisotopic (exact) mass is 319 g/mol. The molecule has 0 spiro atoms. The van der Waals surface area contributed by atoms with Crippen molar-refractivity contribution in [3.63, 3.8) is 0 Å². The minimum absolute atomic E-state index is 0.207. The molecule has 0 aliphatic heterocycles. The van der Waals surface area contributed by atoms with Gasteiger partial charge in [-0.15, -0.1) is 0 Å². The van der Waals surface area contributed by atoms with Gasteiger partial charge in [-0.25, -0.2) is 12.7 Å². The second kappa shape index (κ2) is 8.42. The molecule has 2 N–H and O–H groups in total. The molecule has 0 saturated heterocycles. The van der Waals surface area contributed by atoms with Gasteiger partial charge in [0.05, 0.1) is 19.3 Å². The molecule has 20 heavy (non-hydrogen) atoms.